The van der Waals surface area contributed by atoms with Gasteiger partial charge in [0.1, 0.15) is 0 Å². The number of hydrogen-bond acceptors (Lipinski definition) is 1. The molecule has 0 spiro atoms. The molecule has 1 aliphatic carbocycles. The molecule has 0 radical (unpaired) electrons. The predicted octanol–water partition coefficient (Wildman–Crippen LogP) is 1.53. The Morgan fingerprint density at radius 1 is 1.40 bits per heavy atom. The van der Waals surface area contributed by atoms with Crippen molar-refractivity contribution in [1.82, 2.24) is 0 Å². The highest BCUT2D eigenvalue weighted by Crippen LogP contribution is 2.12. The lowest BCUT2D eigenvalue weighted by Crippen LogP contribution is -2.04. The van der Waals surface area contributed by atoms with Crippen LogP contribution in [0, 0.1) is 0 Å². The average Bonchev–Trinajstić information content (AvgIpc) is 2.38. The quantitative estimate of drug-likeness (QED) is 0.526. The van der Waals surface area contributed by atoms with E-state index in [-0.39, 0.29) is 5.76 Å². The maximum Gasteiger partial charge on any atom is -0.0376 e. The zero-order chi connectivity index (χ0) is 7.40. The van der Waals surface area contributed by atoms with Crippen LogP contribution in [-0.4, -0.2) is 0 Å². The second-order valence-electron chi connectivity index (χ2n) is 2.35. The monoisotopic (exact) mass is 135 g/mol. The summed E-state index contributed by atoms with van der Waals surface area (Å²) in [5.74, 6) is 0.257. The minimum absolute atomic E-state index is 0.257. The molecular weight excluding hydrogens is 124 g/mol. The van der Waals surface area contributed by atoms with Crippen molar-refractivity contribution in [2.45, 2.75) is 19.8 Å². The largest absolute Gasteiger partial charge is 0.875 e. The standard InChI is InChI=1S/C9H12O/c1-2-5-9(10)8-6-3-4-7-8/h3-4,6-7,10H,2,5H2,1H3/p-1. The van der Waals surface area contributed by atoms with Gasteiger partial charge in [-0.05, 0) is 12.0 Å². The Morgan fingerprint density at radius 2 is 2.00 bits per heavy atom. The molecular formula is C9H11O-. The summed E-state index contributed by atoms with van der Waals surface area (Å²) < 4.78 is 0. The number of hydrogen-bond donors (Lipinski definition) is 0. The van der Waals surface area contributed by atoms with E-state index in [0.717, 1.165) is 12.0 Å². The first-order valence-electron chi connectivity index (χ1n) is 3.59. The molecule has 0 heterocycles. The van der Waals surface area contributed by atoms with Crippen molar-refractivity contribution in [2.75, 3.05) is 0 Å². The zero-order valence-corrected chi connectivity index (χ0v) is 6.13. The molecule has 1 rings (SSSR count). The Morgan fingerprint density at radius 3 is 2.50 bits per heavy atom. The van der Waals surface area contributed by atoms with Gasteiger partial charge in [-0.1, -0.05) is 37.6 Å². The third-order valence-electron chi connectivity index (χ3n) is 1.46. The van der Waals surface area contributed by atoms with Crippen LogP contribution in [0.5, 0.6) is 0 Å². The van der Waals surface area contributed by atoms with Gasteiger partial charge in [-0.2, -0.15) is 0 Å². The second kappa shape index (κ2) is 3.25. The number of rotatable bonds is 2. The van der Waals surface area contributed by atoms with Crippen LogP contribution in [0.3, 0.4) is 0 Å². The molecule has 0 aromatic heterocycles. The van der Waals surface area contributed by atoms with Crippen molar-refractivity contribution in [3.05, 3.63) is 35.6 Å². The van der Waals surface area contributed by atoms with Crippen LogP contribution in [0.4, 0.5) is 0 Å². The predicted molar refractivity (Wildman–Crippen MR) is 40.2 cm³/mol. The van der Waals surface area contributed by atoms with Crippen LogP contribution >= 0.6 is 0 Å². The van der Waals surface area contributed by atoms with E-state index in [1.54, 1.807) is 0 Å². The van der Waals surface area contributed by atoms with Gasteiger partial charge in [0.05, 0.1) is 0 Å². The van der Waals surface area contributed by atoms with E-state index in [0.29, 0.717) is 6.42 Å². The molecule has 0 bridgehead atoms. The van der Waals surface area contributed by atoms with Gasteiger partial charge in [-0.15, -0.1) is 5.76 Å². The third kappa shape index (κ3) is 1.50. The minimum atomic E-state index is 0.257. The molecule has 54 valence electrons. The van der Waals surface area contributed by atoms with E-state index < -0.39 is 0 Å². The Labute approximate surface area is 61.4 Å². The molecule has 0 amide bonds. The third-order valence-corrected chi connectivity index (χ3v) is 1.46. The highest BCUT2D eigenvalue weighted by atomic mass is 16.3. The van der Waals surface area contributed by atoms with E-state index in [2.05, 4.69) is 0 Å². The lowest BCUT2D eigenvalue weighted by Gasteiger charge is -2.11. The molecule has 0 unspecified atom stereocenters. The Kier molecular flexibility index (Phi) is 2.32. The van der Waals surface area contributed by atoms with E-state index in [1.165, 1.54) is 0 Å². The highest BCUT2D eigenvalue weighted by molar-refractivity contribution is 5.41. The van der Waals surface area contributed by atoms with Crippen LogP contribution in [0.2, 0.25) is 0 Å². The van der Waals surface area contributed by atoms with E-state index in [9.17, 15) is 5.11 Å². The first kappa shape index (κ1) is 7.13. The molecule has 1 heteroatoms. The van der Waals surface area contributed by atoms with Crippen LogP contribution in [0.25, 0.3) is 0 Å². The average molecular weight is 135 g/mol. The zero-order valence-electron chi connectivity index (χ0n) is 6.13. The van der Waals surface area contributed by atoms with Gasteiger partial charge in [-0.25, -0.2) is 0 Å². The molecule has 0 fully saturated rings. The molecule has 1 aliphatic rings. The molecule has 0 aliphatic heterocycles. The van der Waals surface area contributed by atoms with Crippen molar-refractivity contribution in [1.29, 1.82) is 0 Å². The summed E-state index contributed by atoms with van der Waals surface area (Å²) in [5.41, 5.74) is 0.849. The fourth-order valence-corrected chi connectivity index (χ4v) is 0.931. The van der Waals surface area contributed by atoms with Crippen LogP contribution in [0.1, 0.15) is 19.8 Å². The summed E-state index contributed by atoms with van der Waals surface area (Å²) in [6.07, 6.45) is 9.11. The smallest absolute Gasteiger partial charge is 0.0376 e. The fourth-order valence-electron chi connectivity index (χ4n) is 0.931. The van der Waals surface area contributed by atoms with Crippen LogP contribution < -0.4 is 5.11 Å². The maximum absolute atomic E-state index is 11.1. The van der Waals surface area contributed by atoms with E-state index >= 15 is 0 Å². The maximum atomic E-state index is 11.1. The number of allylic oxidation sites excluding steroid dienone is 6. The van der Waals surface area contributed by atoms with Crippen molar-refractivity contribution < 1.29 is 5.11 Å². The van der Waals surface area contributed by atoms with Crippen LogP contribution in [-0.2, 0) is 0 Å². The Hall–Kier alpha value is -0.980. The van der Waals surface area contributed by atoms with Crippen molar-refractivity contribution >= 4 is 0 Å². The Balaban J connectivity index is 2.65. The lowest BCUT2D eigenvalue weighted by molar-refractivity contribution is -0.307. The summed E-state index contributed by atoms with van der Waals surface area (Å²) in [6, 6.07) is 0. The Bertz CT molecular complexity index is 183. The topological polar surface area (TPSA) is 23.1 Å². The van der Waals surface area contributed by atoms with Gasteiger partial charge >= 0.3 is 0 Å². The highest BCUT2D eigenvalue weighted by Gasteiger charge is 1.91. The molecule has 0 saturated carbocycles. The molecule has 1 nitrogen and oxygen atoms in total. The fraction of sp³-hybridized carbons (Fsp3) is 0.333. The first-order chi connectivity index (χ1) is 4.84. The first-order valence-corrected chi connectivity index (χ1v) is 3.59. The van der Waals surface area contributed by atoms with Crippen molar-refractivity contribution in [3.8, 4) is 0 Å². The van der Waals surface area contributed by atoms with Gasteiger partial charge < -0.3 is 5.11 Å². The molecule has 0 aromatic rings. The second-order valence-corrected chi connectivity index (χ2v) is 2.35. The molecule has 0 saturated heterocycles. The molecule has 0 aromatic carbocycles. The van der Waals surface area contributed by atoms with Crippen molar-refractivity contribution in [2.24, 2.45) is 0 Å². The molecule has 10 heavy (non-hydrogen) atoms. The summed E-state index contributed by atoms with van der Waals surface area (Å²) in [5, 5.41) is 11.1. The van der Waals surface area contributed by atoms with Gasteiger partial charge in [0.2, 0.25) is 0 Å². The summed E-state index contributed by atoms with van der Waals surface area (Å²) in [4.78, 5) is 0. The molecule has 0 N–H and O–H groups in total. The summed E-state index contributed by atoms with van der Waals surface area (Å²) >= 11 is 0. The van der Waals surface area contributed by atoms with E-state index in [4.69, 9.17) is 0 Å². The van der Waals surface area contributed by atoms with E-state index in [1.807, 2.05) is 31.2 Å². The van der Waals surface area contributed by atoms with Gasteiger partial charge in [-0.3, -0.25) is 0 Å². The van der Waals surface area contributed by atoms with Crippen molar-refractivity contribution in [3.63, 3.8) is 0 Å². The summed E-state index contributed by atoms with van der Waals surface area (Å²) in [7, 11) is 0. The van der Waals surface area contributed by atoms with Gasteiger partial charge in [0.15, 0.2) is 0 Å². The van der Waals surface area contributed by atoms with Gasteiger partial charge in [0.25, 0.3) is 0 Å². The SMILES string of the molecule is CCCC([O-])=C1C=CC=C1. The molecule has 0 atom stereocenters. The van der Waals surface area contributed by atoms with Crippen LogP contribution in [0.15, 0.2) is 35.6 Å². The summed E-state index contributed by atoms with van der Waals surface area (Å²) in [6.45, 7) is 2.01. The van der Waals surface area contributed by atoms with Gasteiger partial charge in [0, 0.05) is 0 Å². The minimum Gasteiger partial charge on any atom is -0.875 e. The normalized spacial score (nSPS) is 14.7. The lowest BCUT2D eigenvalue weighted by atomic mass is 10.2.